The average Bonchev–Trinajstić information content (AvgIpc) is 3.34. The van der Waals surface area contributed by atoms with E-state index in [0.717, 1.165) is 56.7 Å². The van der Waals surface area contributed by atoms with Crippen LogP contribution in [0.2, 0.25) is 0 Å². The first-order valence-electron chi connectivity index (χ1n) is 9.38. The van der Waals surface area contributed by atoms with E-state index in [2.05, 4.69) is 15.2 Å². The number of likely N-dealkylation sites (tertiary alicyclic amines) is 1. The van der Waals surface area contributed by atoms with Gasteiger partial charge in [0, 0.05) is 53.4 Å². The normalized spacial score (nSPS) is 17.9. The molecule has 4 heterocycles. The minimum atomic E-state index is -0.421. The first-order chi connectivity index (χ1) is 13.0. The molecule has 10 nitrogen and oxygen atoms in total. The van der Waals surface area contributed by atoms with Gasteiger partial charge in [0.15, 0.2) is 11.2 Å². The monoisotopic (exact) mass is 375 g/mol. The van der Waals surface area contributed by atoms with E-state index in [0.29, 0.717) is 17.1 Å². The Bertz CT molecular complexity index is 991. The molecule has 146 valence electrons. The fourth-order valence-electron chi connectivity index (χ4n) is 3.89. The lowest BCUT2D eigenvalue weighted by molar-refractivity contribution is -0.130. The first-order valence-corrected chi connectivity index (χ1v) is 9.38. The number of carbonyl (C=O) groups is 1. The molecule has 2 aromatic heterocycles. The Hall–Kier alpha value is -2.62. The maximum Gasteiger partial charge on any atom is 0.332 e. The zero-order valence-corrected chi connectivity index (χ0v) is 15.8. The molecule has 2 fully saturated rings. The largest absolute Gasteiger partial charge is 0.341 e. The van der Waals surface area contributed by atoms with Crippen molar-refractivity contribution in [2.45, 2.75) is 19.4 Å². The number of amides is 1. The summed E-state index contributed by atoms with van der Waals surface area (Å²) in [5, 5.41) is 3.29. The van der Waals surface area contributed by atoms with E-state index < -0.39 is 11.2 Å². The minimum Gasteiger partial charge on any atom is -0.341 e. The third-order valence-corrected chi connectivity index (χ3v) is 5.48. The fourth-order valence-corrected chi connectivity index (χ4v) is 3.89. The van der Waals surface area contributed by atoms with Gasteiger partial charge in [0.1, 0.15) is 6.54 Å². The van der Waals surface area contributed by atoms with Crippen molar-refractivity contribution in [1.82, 2.24) is 28.9 Å². The van der Waals surface area contributed by atoms with Gasteiger partial charge >= 0.3 is 5.69 Å². The van der Waals surface area contributed by atoms with E-state index in [1.165, 1.54) is 11.6 Å². The molecular weight excluding hydrogens is 350 g/mol. The van der Waals surface area contributed by atoms with Crippen LogP contribution in [0, 0.1) is 0 Å². The lowest BCUT2D eigenvalue weighted by Crippen LogP contribution is -2.45. The Labute approximate surface area is 156 Å². The predicted molar refractivity (Wildman–Crippen MR) is 101 cm³/mol. The molecule has 27 heavy (non-hydrogen) atoms. The van der Waals surface area contributed by atoms with Gasteiger partial charge in [-0.3, -0.25) is 23.3 Å². The van der Waals surface area contributed by atoms with Gasteiger partial charge in [0.25, 0.3) is 5.56 Å². The van der Waals surface area contributed by atoms with Crippen LogP contribution in [-0.4, -0.2) is 68.8 Å². The number of fused-ring (bicyclic) bond motifs is 1. The highest BCUT2D eigenvalue weighted by Crippen LogP contribution is 2.21. The van der Waals surface area contributed by atoms with Crippen molar-refractivity contribution in [3.8, 4) is 0 Å². The van der Waals surface area contributed by atoms with Crippen LogP contribution in [-0.2, 0) is 25.4 Å². The van der Waals surface area contributed by atoms with Crippen molar-refractivity contribution >= 4 is 23.0 Å². The van der Waals surface area contributed by atoms with Crippen LogP contribution in [0.25, 0.3) is 11.2 Å². The van der Waals surface area contributed by atoms with Gasteiger partial charge in [-0.15, -0.1) is 0 Å². The van der Waals surface area contributed by atoms with Crippen molar-refractivity contribution in [2.75, 3.05) is 44.2 Å². The van der Waals surface area contributed by atoms with Crippen LogP contribution in [0.5, 0.6) is 0 Å². The van der Waals surface area contributed by atoms with Gasteiger partial charge in [0.05, 0.1) is 0 Å². The lowest BCUT2D eigenvalue weighted by atomic mass is 10.4. The second-order valence-electron chi connectivity index (χ2n) is 7.20. The molecule has 0 bridgehead atoms. The van der Waals surface area contributed by atoms with Crippen molar-refractivity contribution in [1.29, 1.82) is 0 Å². The van der Waals surface area contributed by atoms with Crippen molar-refractivity contribution < 1.29 is 4.79 Å². The number of hydrogen-bond acceptors (Lipinski definition) is 6. The molecule has 2 aromatic rings. The molecule has 0 radical (unpaired) electrons. The molecule has 0 unspecified atom stereocenters. The third-order valence-electron chi connectivity index (χ3n) is 5.48. The zero-order chi connectivity index (χ0) is 19.1. The van der Waals surface area contributed by atoms with Crippen molar-refractivity contribution in [2.24, 2.45) is 14.1 Å². The molecule has 2 aliphatic heterocycles. The molecule has 4 rings (SSSR count). The van der Waals surface area contributed by atoms with E-state index in [1.807, 2.05) is 4.90 Å². The number of nitrogens with zero attached hydrogens (tertiary/aromatic N) is 6. The van der Waals surface area contributed by atoms with Crippen LogP contribution in [0.4, 0.5) is 5.95 Å². The highest BCUT2D eigenvalue weighted by atomic mass is 16.2. The summed E-state index contributed by atoms with van der Waals surface area (Å²) in [6, 6.07) is 0. The maximum atomic E-state index is 12.9. The number of anilines is 1. The summed E-state index contributed by atoms with van der Waals surface area (Å²) in [5.41, 5.74) is -0.211. The SMILES string of the molecule is Cn1c(=O)c2c(nc(N3CCNCC3)n2CC(=O)N2CCCC2)n(C)c1=O. The lowest BCUT2D eigenvalue weighted by Gasteiger charge is -2.29. The second kappa shape index (κ2) is 6.84. The van der Waals surface area contributed by atoms with Gasteiger partial charge in [-0.2, -0.15) is 4.98 Å². The predicted octanol–water partition coefficient (Wildman–Crippen LogP) is -1.53. The molecule has 1 amide bonds. The number of aromatic nitrogens is 4. The summed E-state index contributed by atoms with van der Waals surface area (Å²) in [4.78, 5) is 46.5. The summed E-state index contributed by atoms with van der Waals surface area (Å²) >= 11 is 0. The number of nitrogens with one attached hydrogen (secondary N) is 1. The van der Waals surface area contributed by atoms with Crippen molar-refractivity contribution in [3.05, 3.63) is 20.8 Å². The second-order valence-corrected chi connectivity index (χ2v) is 7.20. The van der Waals surface area contributed by atoms with Crippen LogP contribution in [0.15, 0.2) is 9.59 Å². The fraction of sp³-hybridized carbons (Fsp3) is 0.647. The molecular formula is C17H25N7O3. The molecule has 0 spiro atoms. The Morgan fingerprint density at radius 3 is 2.37 bits per heavy atom. The molecule has 2 aliphatic rings. The van der Waals surface area contributed by atoms with Gasteiger partial charge < -0.3 is 15.1 Å². The van der Waals surface area contributed by atoms with Crippen LogP contribution >= 0.6 is 0 Å². The molecule has 0 atom stereocenters. The van der Waals surface area contributed by atoms with Crippen LogP contribution in [0.3, 0.4) is 0 Å². The molecule has 1 N–H and O–H groups in total. The van der Waals surface area contributed by atoms with Gasteiger partial charge in [-0.05, 0) is 12.8 Å². The summed E-state index contributed by atoms with van der Waals surface area (Å²) in [6.07, 6.45) is 2.02. The molecule has 10 heteroatoms. The third kappa shape index (κ3) is 2.93. The molecule has 2 saturated heterocycles. The van der Waals surface area contributed by atoms with Crippen LogP contribution < -0.4 is 21.5 Å². The summed E-state index contributed by atoms with van der Waals surface area (Å²) < 4.78 is 4.14. The van der Waals surface area contributed by atoms with E-state index >= 15 is 0 Å². The standard InChI is InChI=1S/C17H25N7O3/c1-20-14-13(15(26)21(2)17(20)27)24(11-12(25)22-7-3-4-8-22)16(19-14)23-9-5-18-6-10-23/h18H,3-11H2,1-2H3. The van der Waals surface area contributed by atoms with Crippen molar-refractivity contribution in [3.63, 3.8) is 0 Å². The molecule has 0 aliphatic carbocycles. The number of rotatable bonds is 3. The number of aryl methyl sites for hydroxylation is 1. The van der Waals surface area contributed by atoms with Crippen LogP contribution in [0.1, 0.15) is 12.8 Å². The van der Waals surface area contributed by atoms with E-state index in [9.17, 15) is 14.4 Å². The average molecular weight is 375 g/mol. The maximum absolute atomic E-state index is 12.9. The Morgan fingerprint density at radius 1 is 1.04 bits per heavy atom. The number of imidazole rings is 1. The molecule has 0 saturated carbocycles. The van der Waals surface area contributed by atoms with Gasteiger partial charge in [-0.1, -0.05) is 0 Å². The smallest absolute Gasteiger partial charge is 0.332 e. The highest BCUT2D eigenvalue weighted by Gasteiger charge is 2.27. The zero-order valence-electron chi connectivity index (χ0n) is 15.8. The topological polar surface area (TPSA) is 97.4 Å². The van der Waals surface area contributed by atoms with E-state index in [4.69, 9.17) is 0 Å². The highest BCUT2D eigenvalue weighted by molar-refractivity contribution is 5.81. The summed E-state index contributed by atoms with van der Waals surface area (Å²) in [6.45, 7) is 4.64. The summed E-state index contributed by atoms with van der Waals surface area (Å²) in [7, 11) is 3.06. The number of carbonyl (C=O) groups excluding carboxylic acids is 1. The number of piperazine rings is 1. The van der Waals surface area contributed by atoms with E-state index in [1.54, 1.807) is 11.6 Å². The van der Waals surface area contributed by atoms with Gasteiger partial charge in [0.2, 0.25) is 11.9 Å². The quantitative estimate of drug-likeness (QED) is 0.699. The van der Waals surface area contributed by atoms with E-state index in [-0.39, 0.29) is 12.5 Å². The Kier molecular flexibility index (Phi) is 4.50. The Morgan fingerprint density at radius 2 is 1.70 bits per heavy atom. The Balaban J connectivity index is 1.88. The first kappa shape index (κ1) is 17.8. The number of hydrogen-bond donors (Lipinski definition) is 1. The molecule has 0 aromatic carbocycles. The minimum absolute atomic E-state index is 0.0147. The summed E-state index contributed by atoms with van der Waals surface area (Å²) in [5.74, 6) is 0.566. The van der Waals surface area contributed by atoms with Gasteiger partial charge in [-0.25, -0.2) is 4.79 Å².